The predicted octanol–water partition coefficient (Wildman–Crippen LogP) is 4.48. The number of aliphatic imine (C=N–C) groups is 1. The molecule has 6 nitrogen and oxygen atoms in total. The largest absolute Gasteiger partial charge is 0.378 e. The highest BCUT2D eigenvalue weighted by atomic mass is 32.2. The Labute approximate surface area is 194 Å². The molecule has 0 radical (unpaired) electrons. The molecule has 0 aliphatic carbocycles. The van der Waals surface area contributed by atoms with Crippen molar-refractivity contribution < 1.29 is 9.53 Å². The second kappa shape index (κ2) is 9.28. The lowest BCUT2D eigenvalue weighted by Crippen LogP contribution is -2.41. The number of hydrogen-bond acceptors (Lipinski definition) is 7. The molecule has 2 aromatic heterocycles. The Morgan fingerprint density at radius 1 is 1.32 bits per heavy atom. The Kier molecular flexibility index (Phi) is 6.27. The highest BCUT2D eigenvalue weighted by molar-refractivity contribution is 8.15. The summed E-state index contributed by atoms with van der Waals surface area (Å²) in [6.07, 6.45) is 0.531. The van der Waals surface area contributed by atoms with E-state index in [2.05, 4.69) is 58.1 Å². The van der Waals surface area contributed by atoms with E-state index < -0.39 is 0 Å². The highest BCUT2D eigenvalue weighted by Crippen LogP contribution is 2.36. The van der Waals surface area contributed by atoms with Gasteiger partial charge in [0.2, 0.25) is 5.91 Å². The van der Waals surface area contributed by atoms with Crippen LogP contribution in [-0.2, 0) is 9.53 Å². The Morgan fingerprint density at radius 2 is 2.19 bits per heavy atom. The minimum atomic E-state index is 0.202. The number of ether oxygens (including phenoxy) is 1. The van der Waals surface area contributed by atoms with Gasteiger partial charge in [-0.1, -0.05) is 30.0 Å². The van der Waals surface area contributed by atoms with E-state index in [1.165, 1.54) is 9.60 Å². The number of aromatic nitrogens is 1. The fraction of sp³-hybridized carbons (Fsp3) is 0.364. The summed E-state index contributed by atoms with van der Waals surface area (Å²) in [5, 5.41) is 4.46. The molecule has 0 bridgehead atoms. The molecule has 5 rings (SSSR count). The number of thiophene rings is 1. The van der Waals surface area contributed by atoms with Gasteiger partial charge in [-0.2, -0.15) is 0 Å². The molecule has 1 aromatic carbocycles. The van der Waals surface area contributed by atoms with Crippen LogP contribution in [-0.4, -0.2) is 66.0 Å². The van der Waals surface area contributed by atoms with Crippen molar-refractivity contribution in [1.29, 1.82) is 0 Å². The van der Waals surface area contributed by atoms with Crippen LogP contribution < -0.4 is 4.31 Å². The van der Waals surface area contributed by atoms with Crippen molar-refractivity contribution >= 4 is 62.6 Å². The van der Waals surface area contributed by atoms with Gasteiger partial charge in [0.15, 0.2) is 0 Å². The number of thioether (sulfide) groups is 1. The van der Waals surface area contributed by atoms with Gasteiger partial charge in [0.25, 0.3) is 0 Å². The molecule has 2 aliphatic heterocycles. The van der Waals surface area contributed by atoms with Crippen molar-refractivity contribution in [1.82, 2.24) is 9.88 Å². The molecule has 1 atom stereocenters. The third kappa shape index (κ3) is 4.64. The lowest BCUT2D eigenvalue weighted by molar-refractivity contribution is -0.135. The van der Waals surface area contributed by atoms with Crippen LogP contribution in [0.2, 0.25) is 0 Å². The van der Waals surface area contributed by atoms with Gasteiger partial charge >= 0.3 is 0 Å². The van der Waals surface area contributed by atoms with Crippen LogP contribution in [0.1, 0.15) is 12.1 Å². The number of amides is 1. The molecule has 162 valence electrons. The summed E-state index contributed by atoms with van der Waals surface area (Å²) in [7, 11) is 2.09. The van der Waals surface area contributed by atoms with Crippen molar-refractivity contribution in [2.75, 3.05) is 44.2 Å². The van der Waals surface area contributed by atoms with Gasteiger partial charge in [-0.15, -0.1) is 11.3 Å². The summed E-state index contributed by atoms with van der Waals surface area (Å²) in [5.74, 6) is 0.211. The summed E-state index contributed by atoms with van der Waals surface area (Å²) >= 11 is 5.18. The standard InChI is InChI=1S/C22H24N4O2S3/c1-25(31-20-6-3-11-29-20)18-5-2-4-15-12-17(24-21(15)18)22-23-14-16(30-22)13-19(27)26-7-9-28-10-8-26/h2-6,11-12,16,24H,7-10,13-14H2,1H3. The van der Waals surface area contributed by atoms with Crippen molar-refractivity contribution in [2.45, 2.75) is 15.9 Å². The number of rotatable bonds is 6. The molecule has 31 heavy (non-hydrogen) atoms. The highest BCUT2D eigenvalue weighted by Gasteiger charge is 2.27. The first-order valence-electron chi connectivity index (χ1n) is 10.3. The van der Waals surface area contributed by atoms with E-state index in [9.17, 15) is 4.79 Å². The van der Waals surface area contributed by atoms with Gasteiger partial charge in [0, 0.05) is 37.2 Å². The molecule has 9 heteroatoms. The first-order valence-corrected chi connectivity index (χ1v) is 12.8. The quantitative estimate of drug-likeness (QED) is 0.536. The SMILES string of the molecule is CN(Sc1cccs1)c1cccc2cc(C3=NCC(CC(=O)N4CCOCC4)S3)[nH]c12. The smallest absolute Gasteiger partial charge is 0.223 e. The molecule has 0 spiro atoms. The summed E-state index contributed by atoms with van der Waals surface area (Å²) in [6.45, 7) is 3.37. The zero-order chi connectivity index (χ0) is 21.2. The van der Waals surface area contributed by atoms with E-state index in [1.54, 1.807) is 35.0 Å². The molecule has 1 unspecified atom stereocenters. The number of anilines is 1. The summed E-state index contributed by atoms with van der Waals surface area (Å²) in [4.78, 5) is 22.8. The average molecular weight is 473 g/mol. The van der Waals surface area contributed by atoms with Gasteiger partial charge in [-0.05, 0) is 35.5 Å². The second-order valence-electron chi connectivity index (χ2n) is 7.53. The maximum atomic E-state index is 12.6. The normalized spacial score (nSPS) is 19.1. The van der Waals surface area contributed by atoms with E-state index in [4.69, 9.17) is 9.73 Å². The van der Waals surface area contributed by atoms with Gasteiger partial charge in [-0.25, -0.2) is 0 Å². The Bertz CT molecular complexity index is 1090. The molecule has 0 saturated carbocycles. The molecule has 1 amide bonds. The number of nitrogens with one attached hydrogen (secondary N) is 1. The third-order valence-electron chi connectivity index (χ3n) is 5.41. The number of benzene rings is 1. The average Bonchev–Trinajstić information content (AvgIpc) is 3.54. The molecule has 1 saturated heterocycles. The van der Waals surface area contributed by atoms with Crippen LogP contribution in [0.4, 0.5) is 5.69 Å². The van der Waals surface area contributed by atoms with Crippen LogP contribution in [0.5, 0.6) is 0 Å². The number of H-pyrrole nitrogens is 1. The maximum Gasteiger partial charge on any atom is 0.223 e. The number of carbonyl (C=O) groups is 1. The van der Waals surface area contributed by atoms with E-state index in [-0.39, 0.29) is 11.2 Å². The predicted molar refractivity (Wildman–Crippen MR) is 132 cm³/mol. The lowest BCUT2D eigenvalue weighted by atomic mass is 10.2. The number of fused-ring (bicyclic) bond motifs is 1. The fourth-order valence-corrected chi connectivity index (χ4v) is 6.69. The summed E-state index contributed by atoms with van der Waals surface area (Å²) in [5.41, 5.74) is 3.29. The van der Waals surface area contributed by atoms with Crippen molar-refractivity contribution in [3.05, 3.63) is 47.5 Å². The maximum absolute atomic E-state index is 12.6. The first-order chi connectivity index (χ1) is 15.2. The van der Waals surface area contributed by atoms with Crippen LogP contribution in [0.25, 0.3) is 10.9 Å². The van der Waals surface area contributed by atoms with Crippen molar-refractivity contribution in [3.8, 4) is 0 Å². The van der Waals surface area contributed by atoms with Gasteiger partial charge in [-0.3, -0.25) is 9.79 Å². The Balaban J connectivity index is 1.28. The zero-order valence-corrected chi connectivity index (χ0v) is 19.7. The molecule has 1 fully saturated rings. The van der Waals surface area contributed by atoms with Crippen molar-refractivity contribution in [2.24, 2.45) is 4.99 Å². The second-order valence-corrected chi connectivity index (χ2v) is 11.2. The molecular weight excluding hydrogens is 448 g/mol. The van der Waals surface area contributed by atoms with Gasteiger partial charge in [0.05, 0.1) is 40.9 Å². The zero-order valence-electron chi connectivity index (χ0n) is 17.2. The van der Waals surface area contributed by atoms with Crippen LogP contribution >= 0.6 is 35.0 Å². The van der Waals surface area contributed by atoms with E-state index in [0.717, 1.165) is 21.9 Å². The number of morpholine rings is 1. The number of carbonyl (C=O) groups excluding carboxylic acids is 1. The fourth-order valence-electron chi connectivity index (χ4n) is 3.83. The monoisotopic (exact) mass is 472 g/mol. The number of hydrogen-bond donors (Lipinski definition) is 1. The molecule has 4 heterocycles. The van der Waals surface area contributed by atoms with Crippen LogP contribution in [0, 0.1) is 0 Å². The molecule has 2 aliphatic rings. The summed E-state index contributed by atoms with van der Waals surface area (Å²) < 4.78 is 8.80. The first kappa shape index (κ1) is 20.9. The number of nitrogens with zero attached hydrogens (tertiary/aromatic N) is 3. The van der Waals surface area contributed by atoms with Gasteiger partial charge in [0.1, 0.15) is 5.04 Å². The number of aromatic amines is 1. The summed E-state index contributed by atoms with van der Waals surface area (Å²) in [6, 6.07) is 12.7. The topological polar surface area (TPSA) is 60.9 Å². The Hall–Kier alpha value is -1.94. The van der Waals surface area contributed by atoms with Gasteiger partial charge < -0.3 is 18.9 Å². The minimum Gasteiger partial charge on any atom is -0.378 e. The van der Waals surface area contributed by atoms with Crippen molar-refractivity contribution in [3.63, 3.8) is 0 Å². The minimum absolute atomic E-state index is 0.202. The Morgan fingerprint density at radius 3 is 3.00 bits per heavy atom. The van der Waals surface area contributed by atoms with E-state index in [1.807, 2.05) is 4.90 Å². The van der Waals surface area contributed by atoms with Crippen LogP contribution in [0.3, 0.4) is 0 Å². The molecular formula is C22H24N4O2S3. The van der Waals surface area contributed by atoms with E-state index in [0.29, 0.717) is 39.3 Å². The lowest BCUT2D eigenvalue weighted by Gasteiger charge is -2.27. The number of para-hydroxylation sites is 1. The van der Waals surface area contributed by atoms with Crippen LogP contribution in [0.15, 0.2) is 51.0 Å². The molecule has 3 aromatic rings. The molecule has 1 N–H and O–H groups in total. The third-order valence-corrected chi connectivity index (χ3v) is 8.59. The van der Waals surface area contributed by atoms with E-state index >= 15 is 0 Å².